The third kappa shape index (κ3) is 2.66. The number of anilines is 2. The Morgan fingerprint density at radius 2 is 2.10 bits per heavy atom. The number of nitrogens with two attached hydrogens (primary N) is 1. The molecule has 0 saturated heterocycles. The SMILES string of the molecule is CCC1(CC)Oc2ccc(N)cc2N(CCCC#N)C1=O. The smallest absolute Gasteiger partial charge is 0.271 e. The van der Waals surface area contributed by atoms with Crippen molar-refractivity contribution in [3.8, 4) is 11.8 Å². The molecular formula is C16H21N3O2. The second kappa shape index (κ2) is 6.04. The van der Waals surface area contributed by atoms with Gasteiger partial charge in [-0.05, 0) is 37.5 Å². The lowest BCUT2D eigenvalue weighted by Crippen LogP contribution is -2.55. The Hall–Kier alpha value is -2.22. The molecule has 0 unspecified atom stereocenters. The summed E-state index contributed by atoms with van der Waals surface area (Å²) in [5.74, 6) is 0.646. The van der Waals surface area contributed by atoms with Gasteiger partial charge in [0.1, 0.15) is 5.75 Å². The molecule has 21 heavy (non-hydrogen) atoms. The minimum atomic E-state index is -0.810. The lowest BCUT2D eigenvalue weighted by molar-refractivity contribution is -0.136. The van der Waals surface area contributed by atoms with Crippen molar-refractivity contribution in [2.45, 2.75) is 45.1 Å². The van der Waals surface area contributed by atoms with Crippen molar-refractivity contribution in [3.05, 3.63) is 18.2 Å². The number of carbonyl (C=O) groups excluding carboxylic acids is 1. The molecule has 0 atom stereocenters. The molecule has 0 bridgehead atoms. The predicted octanol–water partition coefficient (Wildman–Crippen LogP) is 2.86. The molecule has 0 radical (unpaired) electrons. The Labute approximate surface area is 125 Å². The molecule has 2 rings (SSSR count). The molecule has 0 fully saturated rings. The Bertz CT molecular complexity index is 573. The molecular weight excluding hydrogens is 266 g/mol. The van der Waals surface area contributed by atoms with Crippen molar-refractivity contribution in [1.29, 1.82) is 5.26 Å². The van der Waals surface area contributed by atoms with Crippen LogP contribution in [0.4, 0.5) is 11.4 Å². The molecule has 1 amide bonds. The van der Waals surface area contributed by atoms with Crippen molar-refractivity contribution >= 4 is 17.3 Å². The highest BCUT2D eigenvalue weighted by Crippen LogP contribution is 2.41. The molecule has 0 aromatic heterocycles. The van der Waals surface area contributed by atoms with Gasteiger partial charge < -0.3 is 15.4 Å². The summed E-state index contributed by atoms with van der Waals surface area (Å²) in [5.41, 5.74) is 6.32. The first-order valence-corrected chi connectivity index (χ1v) is 7.35. The van der Waals surface area contributed by atoms with Crippen LogP contribution in [0.3, 0.4) is 0 Å². The number of fused-ring (bicyclic) bond motifs is 1. The van der Waals surface area contributed by atoms with E-state index in [1.54, 1.807) is 17.0 Å². The zero-order valence-electron chi connectivity index (χ0n) is 12.6. The van der Waals surface area contributed by atoms with Crippen LogP contribution in [0.2, 0.25) is 0 Å². The Kier molecular flexibility index (Phi) is 4.37. The largest absolute Gasteiger partial charge is 0.475 e. The number of nitrogens with zero attached hydrogens (tertiary/aromatic N) is 2. The van der Waals surface area contributed by atoms with Crippen molar-refractivity contribution in [2.75, 3.05) is 17.2 Å². The van der Waals surface area contributed by atoms with Crippen LogP contribution < -0.4 is 15.4 Å². The molecule has 1 aliphatic rings. The van der Waals surface area contributed by atoms with Crippen molar-refractivity contribution < 1.29 is 9.53 Å². The van der Waals surface area contributed by atoms with Crippen LogP contribution in [0.15, 0.2) is 18.2 Å². The number of ether oxygens (including phenoxy) is 1. The number of hydrogen-bond donors (Lipinski definition) is 1. The standard InChI is InChI=1S/C16H21N3O2/c1-3-16(4-2)15(20)19(10-6-5-9-17)13-11-12(18)7-8-14(13)21-16/h7-8,11H,3-6,10,18H2,1-2H3. The van der Waals surface area contributed by atoms with E-state index in [2.05, 4.69) is 6.07 Å². The second-order valence-electron chi connectivity index (χ2n) is 5.25. The third-order valence-corrected chi connectivity index (χ3v) is 4.03. The van der Waals surface area contributed by atoms with E-state index in [1.165, 1.54) is 0 Å². The van der Waals surface area contributed by atoms with E-state index >= 15 is 0 Å². The molecule has 112 valence electrons. The summed E-state index contributed by atoms with van der Waals surface area (Å²) >= 11 is 0. The summed E-state index contributed by atoms with van der Waals surface area (Å²) in [6.07, 6.45) is 2.29. The van der Waals surface area contributed by atoms with Gasteiger partial charge in [-0.3, -0.25) is 4.79 Å². The van der Waals surface area contributed by atoms with Crippen LogP contribution in [0.5, 0.6) is 5.75 Å². The highest BCUT2D eigenvalue weighted by Gasteiger charge is 2.45. The first-order valence-electron chi connectivity index (χ1n) is 7.35. The Morgan fingerprint density at radius 3 is 2.71 bits per heavy atom. The van der Waals surface area contributed by atoms with Crippen molar-refractivity contribution in [1.82, 2.24) is 0 Å². The Morgan fingerprint density at radius 1 is 1.38 bits per heavy atom. The summed E-state index contributed by atoms with van der Waals surface area (Å²) in [4.78, 5) is 14.6. The van der Waals surface area contributed by atoms with E-state index in [0.29, 0.717) is 49.4 Å². The van der Waals surface area contributed by atoms with Crippen LogP contribution in [-0.4, -0.2) is 18.1 Å². The van der Waals surface area contributed by atoms with Crippen molar-refractivity contribution in [3.63, 3.8) is 0 Å². The van der Waals surface area contributed by atoms with Crippen LogP contribution in [0.1, 0.15) is 39.5 Å². The van der Waals surface area contributed by atoms with Crippen LogP contribution >= 0.6 is 0 Å². The average Bonchev–Trinajstić information content (AvgIpc) is 2.50. The van der Waals surface area contributed by atoms with Gasteiger partial charge in [-0.25, -0.2) is 0 Å². The number of hydrogen-bond acceptors (Lipinski definition) is 4. The molecule has 0 spiro atoms. The van der Waals surface area contributed by atoms with Gasteiger partial charge in [-0.1, -0.05) is 13.8 Å². The van der Waals surface area contributed by atoms with Crippen LogP contribution in [0, 0.1) is 11.3 Å². The van der Waals surface area contributed by atoms with E-state index < -0.39 is 5.60 Å². The highest BCUT2D eigenvalue weighted by molar-refractivity contribution is 6.03. The predicted molar refractivity (Wildman–Crippen MR) is 82.0 cm³/mol. The lowest BCUT2D eigenvalue weighted by Gasteiger charge is -2.42. The normalized spacial score (nSPS) is 16.0. The molecule has 5 heteroatoms. The lowest BCUT2D eigenvalue weighted by atomic mass is 9.92. The number of carbonyl (C=O) groups is 1. The summed E-state index contributed by atoms with van der Waals surface area (Å²) < 4.78 is 6.01. The highest BCUT2D eigenvalue weighted by atomic mass is 16.5. The van der Waals surface area contributed by atoms with Gasteiger partial charge in [-0.15, -0.1) is 0 Å². The van der Waals surface area contributed by atoms with Crippen LogP contribution in [-0.2, 0) is 4.79 Å². The van der Waals surface area contributed by atoms with Crippen molar-refractivity contribution in [2.24, 2.45) is 0 Å². The van der Waals surface area contributed by atoms with Gasteiger partial charge in [-0.2, -0.15) is 5.26 Å². The minimum Gasteiger partial charge on any atom is -0.475 e. The van der Waals surface area contributed by atoms with E-state index in [9.17, 15) is 4.79 Å². The van der Waals surface area contributed by atoms with Crippen LogP contribution in [0.25, 0.3) is 0 Å². The fourth-order valence-electron chi connectivity index (χ4n) is 2.68. The maximum absolute atomic E-state index is 12.9. The number of benzene rings is 1. The number of unbranched alkanes of at least 4 members (excludes halogenated alkanes) is 1. The fourth-order valence-corrected chi connectivity index (χ4v) is 2.68. The van der Waals surface area contributed by atoms with E-state index in [1.807, 2.05) is 19.9 Å². The quantitative estimate of drug-likeness (QED) is 0.667. The van der Waals surface area contributed by atoms with Gasteiger partial charge in [0.05, 0.1) is 11.8 Å². The molecule has 5 nitrogen and oxygen atoms in total. The summed E-state index contributed by atoms with van der Waals surface area (Å²) in [5, 5.41) is 8.70. The summed E-state index contributed by atoms with van der Waals surface area (Å²) in [6, 6.07) is 7.46. The fraction of sp³-hybridized carbons (Fsp3) is 0.500. The number of nitrogen functional groups attached to an aromatic ring is 1. The number of nitriles is 1. The van der Waals surface area contributed by atoms with E-state index in [0.717, 1.165) is 0 Å². The van der Waals surface area contributed by atoms with E-state index in [4.69, 9.17) is 15.7 Å². The summed E-state index contributed by atoms with van der Waals surface area (Å²) in [7, 11) is 0. The first-order chi connectivity index (χ1) is 10.1. The molecule has 1 heterocycles. The molecule has 2 N–H and O–H groups in total. The molecule has 0 saturated carbocycles. The van der Waals surface area contributed by atoms with E-state index in [-0.39, 0.29) is 5.91 Å². The third-order valence-electron chi connectivity index (χ3n) is 4.03. The zero-order chi connectivity index (χ0) is 15.5. The maximum atomic E-state index is 12.9. The molecule has 1 aliphatic heterocycles. The second-order valence-corrected chi connectivity index (χ2v) is 5.25. The molecule has 0 aliphatic carbocycles. The maximum Gasteiger partial charge on any atom is 0.271 e. The van der Waals surface area contributed by atoms with Gasteiger partial charge in [0.2, 0.25) is 0 Å². The molecule has 1 aromatic rings. The van der Waals surface area contributed by atoms with Gasteiger partial charge in [0.25, 0.3) is 5.91 Å². The average molecular weight is 287 g/mol. The van der Waals surface area contributed by atoms with Gasteiger partial charge in [0.15, 0.2) is 5.60 Å². The first kappa shape index (κ1) is 15.2. The number of amides is 1. The minimum absolute atomic E-state index is 0.0384. The molecule has 1 aromatic carbocycles. The van der Waals surface area contributed by atoms with Gasteiger partial charge in [0, 0.05) is 18.7 Å². The topological polar surface area (TPSA) is 79.3 Å². The monoisotopic (exact) mass is 287 g/mol. The summed E-state index contributed by atoms with van der Waals surface area (Å²) in [6.45, 7) is 4.42. The Balaban J connectivity index is 2.42. The van der Waals surface area contributed by atoms with Gasteiger partial charge >= 0.3 is 0 Å². The number of rotatable bonds is 5. The zero-order valence-corrected chi connectivity index (χ0v) is 12.6.